The normalized spacial score (nSPS) is 16.6. The average Bonchev–Trinajstić information content (AvgIpc) is 2.59. The highest BCUT2D eigenvalue weighted by atomic mass is 35.5. The van der Waals surface area contributed by atoms with Crippen LogP contribution in [0.5, 0.6) is 0 Å². The Balaban J connectivity index is 1.67. The van der Waals surface area contributed by atoms with E-state index in [0.29, 0.717) is 48.7 Å². The van der Waals surface area contributed by atoms with E-state index in [1.165, 1.54) is 11.1 Å². The highest BCUT2D eigenvalue weighted by Gasteiger charge is 2.32. The fourth-order valence-corrected chi connectivity index (χ4v) is 3.46. The summed E-state index contributed by atoms with van der Waals surface area (Å²) in [7, 11) is 0. The molecule has 3 rings (SSSR count). The molecule has 0 spiro atoms. The molecule has 0 atom stereocenters. The van der Waals surface area contributed by atoms with E-state index in [-0.39, 0.29) is 5.92 Å². The van der Waals surface area contributed by atoms with Gasteiger partial charge in [0.15, 0.2) is 0 Å². The zero-order valence-electron chi connectivity index (χ0n) is 14.0. The Morgan fingerprint density at radius 1 is 1.31 bits per heavy atom. The predicted molar refractivity (Wildman–Crippen MR) is 95.2 cm³/mol. The molecule has 2 heterocycles. The van der Waals surface area contributed by atoms with Gasteiger partial charge in [-0.25, -0.2) is 0 Å². The van der Waals surface area contributed by atoms with Gasteiger partial charge in [0.25, 0.3) is 0 Å². The molecule has 0 aliphatic carbocycles. The largest absolute Gasteiger partial charge is 0.401 e. The van der Waals surface area contributed by atoms with Crippen LogP contribution in [0.15, 0.2) is 24.4 Å². The van der Waals surface area contributed by atoms with E-state index in [1.807, 2.05) is 0 Å². The highest BCUT2D eigenvalue weighted by Crippen LogP contribution is 2.29. The summed E-state index contributed by atoms with van der Waals surface area (Å²) < 4.78 is 37.4. The molecule has 2 aromatic rings. The highest BCUT2D eigenvalue weighted by molar-refractivity contribution is 6.31. The Kier molecular flexibility index (Phi) is 5.54. The topological polar surface area (TPSA) is 52.0 Å². The molecule has 1 fully saturated rings. The number of nitriles is 1. The summed E-state index contributed by atoms with van der Waals surface area (Å²) in [6.07, 6.45) is -1.25. The summed E-state index contributed by atoms with van der Waals surface area (Å²) in [5.74, 6) is 0.258. The average molecular weight is 383 g/mol. The molecule has 8 heteroatoms. The summed E-state index contributed by atoms with van der Waals surface area (Å²) in [5.41, 5.74) is 1.84. The molecule has 26 heavy (non-hydrogen) atoms. The molecule has 0 unspecified atom stereocenters. The van der Waals surface area contributed by atoms with Gasteiger partial charge in [0.2, 0.25) is 0 Å². The number of hydrogen-bond donors (Lipinski definition) is 1. The van der Waals surface area contributed by atoms with Gasteiger partial charge < -0.3 is 5.32 Å². The number of piperidine rings is 1. The molecule has 1 aliphatic heterocycles. The number of benzene rings is 1. The van der Waals surface area contributed by atoms with E-state index in [4.69, 9.17) is 11.6 Å². The number of anilines is 1. The lowest BCUT2D eigenvalue weighted by Crippen LogP contribution is -2.41. The minimum atomic E-state index is -4.15. The Bertz CT molecular complexity index is 824. The molecule has 1 aromatic heterocycles. The first-order valence-electron chi connectivity index (χ1n) is 8.37. The summed E-state index contributed by atoms with van der Waals surface area (Å²) in [5, 5.41) is 14.0. The van der Waals surface area contributed by atoms with Crippen molar-refractivity contribution in [3.63, 3.8) is 0 Å². The van der Waals surface area contributed by atoms with Crippen molar-refractivity contribution in [1.29, 1.82) is 5.26 Å². The number of pyridine rings is 1. The number of likely N-dealkylation sites (tertiary alicyclic amines) is 1. The third kappa shape index (κ3) is 4.57. The molecule has 0 saturated carbocycles. The predicted octanol–water partition coefficient (Wildman–Crippen LogP) is 4.45. The van der Waals surface area contributed by atoms with Crippen molar-refractivity contribution in [3.05, 3.63) is 35.0 Å². The molecular weight excluding hydrogens is 365 g/mol. The lowest BCUT2D eigenvalue weighted by Gasteiger charge is -2.32. The Morgan fingerprint density at radius 3 is 2.69 bits per heavy atom. The van der Waals surface area contributed by atoms with Crippen molar-refractivity contribution < 1.29 is 13.2 Å². The molecule has 4 nitrogen and oxygen atoms in total. The second-order valence-corrected chi connectivity index (χ2v) is 6.97. The maximum absolute atomic E-state index is 12.5. The number of fused-ring (bicyclic) bond motifs is 1. The molecule has 1 aromatic carbocycles. The van der Waals surface area contributed by atoms with Crippen molar-refractivity contribution in [2.75, 3.05) is 31.5 Å². The molecule has 0 radical (unpaired) electrons. The van der Waals surface area contributed by atoms with Gasteiger partial charge in [-0.1, -0.05) is 11.6 Å². The van der Waals surface area contributed by atoms with Gasteiger partial charge in [0.05, 0.1) is 23.3 Å². The van der Waals surface area contributed by atoms with Crippen LogP contribution in [0.25, 0.3) is 10.9 Å². The van der Waals surface area contributed by atoms with E-state index in [0.717, 1.165) is 10.9 Å². The zero-order valence-corrected chi connectivity index (χ0v) is 14.7. The van der Waals surface area contributed by atoms with Crippen LogP contribution in [0.2, 0.25) is 5.02 Å². The van der Waals surface area contributed by atoms with Crippen molar-refractivity contribution in [1.82, 2.24) is 9.88 Å². The van der Waals surface area contributed by atoms with Gasteiger partial charge in [0.1, 0.15) is 6.07 Å². The van der Waals surface area contributed by atoms with E-state index >= 15 is 0 Å². The van der Waals surface area contributed by atoms with Crippen LogP contribution >= 0.6 is 11.6 Å². The van der Waals surface area contributed by atoms with Crippen molar-refractivity contribution in [2.24, 2.45) is 5.92 Å². The van der Waals surface area contributed by atoms with Crippen LogP contribution < -0.4 is 5.32 Å². The van der Waals surface area contributed by atoms with Crippen LogP contribution in [0.4, 0.5) is 18.9 Å². The van der Waals surface area contributed by atoms with E-state index in [9.17, 15) is 18.4 Å². The summed E-state index contributed by atoms with van der Waals surface area (Å²) in [4.78, 5) is 5.70. The molecule has 0 amide bonds. The third-order valence-electron chi connectivity index (χ3n) is 4.63. The fraction of sp³-hybridized carbons (Fsp3) is 0.444. The van der Waals surface area contributed by atoms with Gasteiger partial charge in [-0.3, -0.25) is 9.88 Å². The quantitative estimate of drug-likeness (QED) is 0.849. The lowest BCUT2D eigenvalue weighted by molar-refractivity contribution is -0.148. The van der Waals surface area contributed by atoms with Crippen LogP contribution in [0.1, 0.15) is 18.4 Å². The van der Waals surface area contributed by atoms with Gasteiger partial charge in [-0.2, -0.15) is 18.4 Å². The van der Waals surface area contributed by atoms with E-state index in [2.05, 4.69) is 16.4 Å². The fourth-order valence-electron chi connectivity index (χ4n) is 3.29. The molecule has 1 N–H and O–H groups in total. The number of aromatic nitrogens is 1. The zero-order chi connectivity index (χ0) is 18.7. The van der Waals surface area contributed by atoms with Gasteiger partial charge in [0, 0.05) is 23.2 Å². The first kappa shape index (κ1) is 18.7. The second-order valence-electron chi connectivity index (χ2n) is 6.54. The summed E-state index contributed by atoms with van der Waals surface area (Å²) in [6.45, 7) is 0.610. The maximum atomic E-state index is 12.5. The molecule has 138 valence electrons. The standard InChI is InChI=1S/C18H18ClF3N4/c19-14-1-2-16-15(7-14)17(13(8-23)10-24-16)25-9-12-3-5-26(6-4-12)11-18(20,21)22/h1-2,7,10,12H,3-6,9,11H2,(H,24,25). The van der Waals surface area contributed by atoms with Gasteiger partial charge in [-0.05, 0) is 50.0 Å². The van der Waals surface area contributed by atoms with Crippen molar-refractivity contribution in [2.45, 2.75) is 19.0 Å². The van der Waals surface area contributed by atoms with Crippen LogP contribution in [0, 0.1) is 17.2 Å². The Labute approximate surface area is 154 Å². The van der Waals surface area contributed by atoms with Gasteiger partial charge >= 0.3 is 6.18 Å². The number of nitrogens with zero attached hydrogens (tertiary/aromatic N) is 3. The van der Waals surface area contributed by atoms with Crippen LogP contribution in [-0.2, 0) is 0 Å². The number of halogens is 4. The Morgan fingerprint density at radius 2 is 2.04 bits per heavy atom. The lowest BCUT2D eigenvalue weighted by atomic mass is 9.96. The Hall–Kier alpha value is -2.04. The third-order valence-corrected chi connectivity index (χ3v) is 4.86. The number of hydrogen-bond acceptors (Lipinski definition) is 4. The number of nitrogens with one attached hydrogen (secondary N) is 1. The van der Waals surface area contributed by atoms with E-state index < -0.39 is 12.7 Å². The minimum Gasteiger partial charge on any atom is -0.383 e. The van der Waals surface area contributed by atoms with Crippen molar-refractivity contribution >= 4 is 28.2 Å². The second kappa shape index (κ2) is 7.68. The minimum absolute atomic E-state index is 0.258. The molecule has 1 saturated heterocycles. The first-order chi connectivity index (χ1) is 12.4. The number of alkyl halides is 3. The number of rotatable bonds is 4. The van der Waals surface area contributed by atoms with Crippen molar-refractivity contribution in [3.8, 4) is 6.07 Å². The van der Waals surface area contributed by atoms with Gasteiger partial charge in [-0.15, -0.1) is 0 Å². The monoisotopic (exact) mass is 382 g/mol. The van der Waals surface area contributed by atoms with Crippen LogP contribution in [-0.4, -0.2) is 42.2 Å². The molecule has 1 aliphatic rings. The van der Waals surface area contributed by atoms with Crippen LogP contribution in [0.3, 0.4) is 0 Å². The molecular formula is C18H18ClF3N4. The summed E-state index contributed by atoms with van der Waals surface area (Å²) >= 11 is 6.07. The van der Waals surface area contributed by atoms with E-state index in [1.54, 1.807) is 18.2 Å². The summed E-state index contributed by atoms with van der Waals surface area (Å²) in [6, 6.07) is 7.42. The SMILES string of the molecule is N#Cc1cnc2ccc(Cl)cc2c1NCC1CCN(CC(F)(F)F)CC1. The molecule has 0 bridgehead atoms. The first-order valence-corrected chi connectivity index (χ1v) is 8.75. The maximum Gasteiger partial charge on any atom is 0.401 e. The smallest absolute Gasteiger partial charge is 0.383 e.